The largest absolute Gasteiger partial charge is 0.480 e. The number of fused-ring (bicyclic) bond motifs is 1. The number of hydrogen-bond acceptors (Lipinski definition) is 2. The second-order valence-corrected chi connectivity index (χ2v) is 6.03. The van der Waals surface area contributed by atoms with Crippen LogP contribution in [0.1, 0.15) is 31.4 Å². The van der Waals surface area contributed by atoms with Gasteiger partial charge in [0.1, 0.15) is 6.04 Å². The molecule has 0 radical (unpaired) electrons. The molecule has 0 bridgehead atoms. The minimum Gasteiger partial charge on any atom is -0.480 e. The van der Waals surface area contributed by atoms with Gasteiger partial charge in [-0.05, 0) is 48.2 Å². The van der Waals surface area contributed by atoms with E-state index < -0.39 is 12.0 Å². The van der Waals surface area contributed by atoms with Crippen LogP contribution in [-0.2, 0) is 4.79 Å². The molecule has 0 aliphatic carbocycles. The van der Waals surface area contributed by atoms with Crippen LogP contribution >= 0.6 is 0 Å². The van der Waals surface area contributed by atoms with Crippen molar-refractivity contribution >= 4 is 16.7 Å². The van der Waals surface area contributed by atoms with Gasteiger partial charge < -0.3 is 5.11 Å². The summed E-state index contributed by atoms with van der Waals surface area (Å²) in [6.45, 7) is 3.97. The topological polar surface area (TPSA) is 40.5 Å². The van der Waals surface area contributed by atoms with Gasteiger partial charge in [0.15, 0.2) is 0 Å². The number of rotatable bonds is 3. The molecule has 1 fully saturated rings. The Bertz CT molecular complexity index is 639. The summed E-state index contributed by atoms with van der Waals surface area (Å²) in [5, 5.41) is 11.9. The Balaban J connectivity index is 2.02. The molecule has 0 amide bonds. The third kappa shape index (κ3) is 2.79. The number of benzene rings is 2. The first-order valence-electron chi connectivity index (χ1n) is 7.61. The van der Waals surface area contributed by atoms with E-state index in [0.29, 0.717) is 5.92 Å². The molecular weight excluding hydrogens is 262 g/mol. The van der Waals surface area contributed by atoms with Crippen molar-refractivity contribution in [1.29, 1.82) is 0 Å². The number of aliphatic carboxylic acids is 1. The minimum atomic E-state index is -0.749. The summed E-state index contributed by atoms with van der Waals surface area (Å²) in [4.78, 5) is 14.0. The van der Waals surface area contributed by atoms with Crippen molar-refractivity contribution in [3.8, 4) is 0 Å². The van der Waals surface area contributed by atoms with E-state index in [-0.39, 0.29) is 0 Å². The first-order chi connectivity index (χ1) is 10.2. The van der Waals surface area contributed by atoms with Gasteiger partial charge in [-0.3, -0.25) is 9.69 Å². The van der Waals surface area contributed by atoms with Crippen LogP contribution in [0.3, 0.4) is 0 Å². The third-order valence-electron chi connectivity index (χ3n) is 4.54. The first kappa shape index (κ1) is 14.1. The second-order valence-electron chi connectivity index (χ2n) is 6.03. The third-order valence-corrected chi connectivity index (χ3v) is 4.54. The van der Waals surface area contributed by atoms with Crippen molar-refractivity contribution < 1.29 is 9.90 Å². The van der Waals surface area contributed by atoms with Crippen LogP contribution in [-0.4, -0.2) is 29.1 Å². The molecule has 1 heterocycles. The molecule has 1 atom stereocenters. The fourth-order valence-electron chi connectivity index (χ4n) is 3.26. The number of hydrogen-bond donors (Lipinski definition) is 1. The quantitative estimate of drug-likeness (QED) is 0.933. The Labute approximate surface area is 125 Å². The van der Waals surface area contributed by atoms with Gasteiger partial charge in [-0.1, -0.05) is 49.4 Å². The molecule has 0 spiro atoms. The monoisotopic (exact) mass is 283 g/mol. The molecule has 21 heavy (non-hydrogen) atoms. The molecule has 2 aromatic carbocycles. The highest BCUT2D eigenvalue weighted by atomic mass is 16.4. The maximum Gasteiger partial charge on any atom is 0.325 e. The smallest absolute Gasteiger partial charge is 0.325 e. The van der Waals surface area contributed by atoms with E-state index in [1.807, 2.05) is 42.5 Å². The van der Waals surface area contributed by atoms with E-state index >= 15 is 0 Å². The predicted octanol–water partition coefficient (Wildman–Crippen LogP) is 3.70. The Hall–Kier alpha value is -1.87. The van der Waals surface area contributed by atoms with Crippen LogP contribution in [0.5, 0.6) is 0 Å². The van der Waals surface area contributed by atoms with Gasteiger partial charge in [-0.2, -0.15) is 0 Å². The molecule has 1 aliphatic heterocycles. The highest BCUT2D eigenvalue weighted by molar-refractivity contribution is 5.90. The molecular formula is C18H21NO2. The van der Waals surface area contributed by atoms with E-state index in [4.69, 9.17) is 0 Å². The van der Waals surface area contributed by atoms with Crippen LogP contribution in [0.2, 0.25) is 0 Å². The molecule has 3 nitrogen and oxygen atoms in total. The van der Waals surface area contributed by atoms with Crippen molar-refractivity contribution in [3.63, 3.8) is 0 Å². The number of likely N-dealkylation sites (tertiary alicyclic amines) is 1. The average molecular weight is 283 g/mol. The van der Waals surface area contributed by atoms with Gasteiger partial charge in [-0.15, -0.1) is 0 Å². The maximum atomic E-state index is 11.9. The lowest BCUT2D eigenvalue weighted by molar-refractivity contribution is -0.144. The normalized spacial score (nSPS) is 18.7. The Morgan fingerprint density at radius 3 is 2.52 bits per heavy atom. The van der Waals surface area contributed by atoms with Crippen LogP contribution < -0.4 is 0 Å². The molecule has 1 saturated heterocycles. The number of carboxylic acids is 1. The fourth-order valence-corrected chi connectivity index (χ4v) is 3.26. The number of carbonyl (C=O) groups is 1. The van der Waals surface area contributed by atoms with Crippen LogP contribution in [0.4, 0.5) is 0 Å². The van der Waals surface area contributed by atoms with E-state index in [1.54, 1.807) is 0 Å². The zero-order valence-electron chi connectivity index (χ0n) is 12.3. The molecule has 110 valence electrons. The molecule has 0 saturated carbocycles. The van der Waals surface area contributed by atoms with Gasteiger partial charge >= 0.3 is 5.97 Å². The maximum absolute atomic E-state index is 11.9. The van der Waals surface area contributed by atoms with Gasteiger partial charge in [0.25, 0.3) is 0 Å². The lowest BCUT2D eigenvalue weighted by atomic mass is 9.93. The fraction of sp³-hybridized carbons (Fsp3) is 0.389. The van der Waals surface area contributed by atoms with Crippen molar-refractivity contribution in [2.45, 2.75) is 25.8 Å². The van der Waals surface area contributed by atoms with E-state index in [0.717, 1.165) is 42.3 Å². The van der Waals surface area contributed by atoms with Crippen molar-refractivity contribution in [1.82, 2.24) is 4.90 Å². The Kier molecular flexibility index (Phi) is 3.93. The summed E-state index contributed by atoms with van der Waals surface area (Å²) in [5.41, 5.74) is 0.912. The summed E-state index contributed by atoms with van der Waals surface area (Å²) in [7, 11) is 0. The summed E-state index contributed by atoms with van der Waals surface area (Å²) in [6, 6.07) is 13.4. The zero-order valence-corrected chi connectivity index (χ0v) is 12.3. The average Bonchev–Trinajstić information content (AvgIpc) is 2.49. The summed E-state index contributed by atoms with van der Waals surface area (Å²) >= 11 is 0. The van der Waals surface area contributed by atoms with Gasteiger partial charge in [0.2, 0.25) is 0 Å². The van der Waals surface area contributed by atoms with Crippen molar-refractivity contribution in [2.24, 2.45) is 5.92 Å². The van der Waals surface area contributed by atoms with Crippen molar-refractivity contribution in [3.05, 3.63) is 48.0 Å². The summed E-state index contributed by atoms with van der Waals surface area (Å²) in [6.07, 6.45) is 2.16. The molecule has 3 heteroatoms. The van der Waals surface area contributed by atoms with E-state index in [2.05, 4.69) is 11.8 Å². The second kappa shape index (κ2) is 5.86. The van der Waals surface area contributed by atoms with Crippen LogP contribution in [0, 0.1) is 5.92 Å². The van der Waals surface area contributed by atoms with Gasteiger partial charge in [0, 0.05) is 0 Å². The van der Waals surface area contributed by atoms with Crippen LogP contribution in [0.15, 0.2) is 42.5 Å². The van der Waals surface area contributed by atoms with Gasteiger partial charge in [0.05, 0.1) is 0 Å². The molecule has 1 aliphatic rings. The molecule has 0 aromatic heterocycles. The van der Waals surface area contributed by atoms with Crippen molar-refractivity contribution in [2.75, 3.05) is 13.1 Å². The molecule has 2 aromatic rings. The number of carboxylic acid groups (broad SMARTS) is 1. The summed E-state index contributed by atoms with van der Waals surface area (Å²) < 4.78 is 0. The lowest BCUT2D eigenvalue weighted by Crippen LogP contribution is -2.39. The van der Waals surface area contributed by atoms with Gasteiger partial charge in [-0.25, -0.2) is 0 Å². The highest BCUT2D eigenvalue weighted by Gasteiger charge is 2.30. The zero-order chi connectivity index (χ0) is 14.8. The van der Waals surface area contributed by atoms with E-state index in [9.17, 15) is 9.90 Å². The Morgan fingerprint density at radius 2 is 1.81 bits per heavy atom. The Morgan fingerprint density at radius 1 is 1.14 bits per heavy atom. The molecule has 3 rings (SSSR count). The lowest BCUT2D eigenvalue weighted by Gasteiger charge is -2.35. The van der Waals surface area contributed by atoms with Crippen LogP contribution in [0.25, 0.3) is 10.8 Å². The number of piperidine rings is 1. The summed E-state index contributed by atoms with van der Waals surface area (Å²) in [5.74, 6) is -0.0517. The standard InChI is InChI=1S/C18H21NO2/c1-13-9-11-19(12-10-13)17(18(20)21)16-8-4-6-14-5-2-3-7-15(14)16/h2-8,13,17H,9-12H2,1H3,(H,20,21). The minimum absolute atomic E-state index is 0.538. The van der Waals surface area contributed by atoms with E-state index in [1.165, 1.54) is 0 Å². The SMILES string of the molecule is CC1CCN(C(C(=O)O)c2cccc3ccccc23)CC1. The predicted molar refractivity (Wildman–Crippen MR) is 84.3 cm³/mol. The number of nitrogens with zero attached hydrogens (tertiary/aromatic N) is 1. The highest BCUT2D eigenvalue weighted by Crippen LogP contribution is 2.31. The molecule has 1 unspecified atom stereocenters. The first-order valence-corrected chi connectivity index (χ1v) is 7.61. The molecule has 1 N–H and O–H groups in total.